The van der Waals surface area contributed by atoms with Crippen molar-refractivity contribution in [2.75, 3.05) is 18.7 Å². The molecule has 0 unspecified atom stereocenters. The SMILES string of the molecule is CN(Cc1ccco1)S(=O)(=O)CCCl. The van der Waals surface area contributed by atoms with Crippen molar-refractivity contribution in [3.8, 4) is 0 Å². The van der Waals surface area contributed by atoms with Gasteiger partial charge in [0, 0.05) is 12.9 Å². The molecule has 1 rings (SSSR count). The molecule has 0 aliphatic carbocycles. The lowest BCUT2D eigenvalue weighted by molar-refractivity contribution is 0.407. The minimum Gasteiger partial charge on any atom is -0.468 e. The van der Waals surface area contributed by atoms with Crippen molar-refractivity contribution < 1.29 is 12.8 Å². The highest BCUT2D eigenvalue weighted by atomic mass is 35.5. The molecule has 0 aliphatic rings. The Balaban J connectivity index is 2.62. The van der Waals surface area contributed by atoms with Gasteiger partial charge in [0.05, 0.1) is 18.6 Å². The van der Waals surface area contributed by atoms with E-state index in [1.54, 1.807) is 12.1 Å². The van der Waals surface area contributed by atoms with Crippen LogP contribution in [-0.4, -0.2) is 31.4 Å². The summed E-state index contributed by atoms with van der Waals surface area (Å²) in [5.74, 6) is 0.669. The van der Waals surface area contributed by atoms with Gasteiger partial charge in [-0.05, 0) is 12.1 Å². The Labute approximate surface area is 88.5 Å². The third-order valence-corrected chi connectivity index (χ3v) is 3.98. The van der Waals surface area contributed by atoms with Gasteiger partial charge in [-0.15, -0.1) is 11.6 Å². The van der Waals surface area contributed by atoms with Crippen LogP contribution in [0.3, 0.4) is 0 Å². The first-order chi connectivity index (χ1) is 6.56. The summed E-state index contributed by atoms with van der Waals surface area (Å²) < 4.78 is 29.2. The minimum atomic E-state index is -3.25. The van der Waals surface area contributed by atoms with Gasteiger partial charge >= 0.3 is 0 Å². The number of sulfonamides is 1. The highest BCUT2D eigenvalue weighted by Gasteiger charge is 2.17. The molecule has 0 aliphatic heterocycles. The summed E-state index contributed by atoms with van der Waals surface area (Å²) in [6.45, 7) is 0.242. The van der Waals surface area contributed by atoms with Crippen molar-refractivity contribution in [2.24, 2.45) is 0 Å². The first kappa shape index (κ1) is 11.6. The monoisotopic (exact) mass is 237 g/mol. The van der Waals surface area contributed by atoms with Gasteiger partial charge in [0.25, 0.3) is 0 Å². The molecule has 14 heavy (non-hydrogen) atoms. The molecule has 0 saturated heterocycles. The summed E-state index contributed by atoms with van der Waals surface area (Å²) in [6.07, 6.45) is 1.51. The second-order valence-electron chi connectivity index (χ2n) is 2.84. The van der Waals surface area contributed by atoms with Gasteiger partial charge < -0.3 is 4.42 Å². The first-order valence-electron chi connectivity index (χ1n) is 4.08. The molecule has 1 aromatic rings. The maximum absolute atomic E-state index is 11.5. The Morgan fingerprint density at radius 1 is 1.57 bits per heavy atom. The Morgan fingerprint density at radius 2 is 2.29 bits per heavy atom. The van der Waals surface area contributed by atoms with Gasteiger partial charge in [0.2, 0.25) is 10.0 Å². The van der Waals surface area contributed by atoms with Crippen LogP contribution in [0.5, 0.6) is 0 Å². The highest BCUT2D eigenvalue weighted by Crippen LogP contribution is 2.08. The van der Waals surface area contributed by atoms with Crippen LogP contribution in [0.1, 0.15) is 5.76 Å². The van der Waals surface area contributed by atoms with E-state index in [9.17, 15) is 8.42 Å². The number of alkyl halides is 1. The fourth-order valence-corrected chi connectivity index (χ4v) is 2.39. The second-order valence-corrected chi connectivity index (χ2v) is 5.41. The maximum atomic E-state index is 11.5. The quantitative estimate of drug-likeness (QED) is 0.725. The summed E-state index contributed by atoms with van der Waals surface area (Å²) >= 11 is 5.38. The molecule has 0 spiro atoms. The van der Waals surface area contributed by atoms with Gasteiger partial charge in [-0.3, -0.25) is 0 Å². The molecule has 0 radical (unpaired) electrons. The summed E-state index contributed by atoms with van der Waals surface area (Å²) in [5, 5.41) is 0. The molecule has 0 atom stereocenters. The number of hydrogen-bond acceptors (Lipinski definition) is 3. The molecule has 80 valence electrons. The standard InChI is InChI=1S/C8H12ClNO3S/c1-10(14(11,12)6-4-9)7-8-3-2-5-13-8/h2-3,5H,4,6-7H2,1H3. The van der Waals surface area contributed by atoms with E-state index in [1.165, 1.54) is 17.6 Å². The second kappa shape index (κ2) is 4.82. The van der Waals surface area contributed by atoms with E-state index in [4.69, 9.17) is 16.0 Å². The lowest BCUT2D eigenvalue weighted by Crippen LogP contribution is -2.29. The average molecular weight is 238 g/mol. The molecule has 0 N–H and O–H groups in total. The Morgan fingerprint density at radius 3 is 2.79 bits per heavy atom. The van der Waals surface area contributed by atoms with E-state index in [0.717, 1.165) is 0 Å². The Bertz CT molecular complexity index is 360. The minimum absolute atomic E-state index is 0.0498. The van der Waals surface area contributed by atoms with E-state index in [-0.39, 0.29) is 18.2 Å². The molecule has 0 bridgehead atoms. The molecule has 0 fully saturated rings. The summed E-state index contributed by atoms with van der Waals surface area (Å²) in [5.41, 5.74) is 0. The van der Waals surface area contributed by atoms with Crippen LogP contribution in [-0.2, 0) is 16.6 Å². The predicted molar refractivity (Wildman–Crippen MR) is 54.7 cm³/mol. The van der Waals surface area contributed by atoms with E-state index in [1.807, 2.05) is 0 Å². The third kappa shape index (κ3) is 3.01. The Hall–Kier alpha value is -0.520. The molecule has 6 heteroatoms. The fourth-order valence-electron chi connectivity index (χ4n) is 0.974. The van der Waals surface area contributed by atoms with Crippen molar-refractivity contribution >= 4 is 21.6 Å². The van der Waals surface area contributed by atoms with Crippen LogP contribution in [0.4, 0.5) is 0 Å². The van der Waals surface area contributed by atoms with Gasteiger partial charge in [-0.2, -0.15) is 4.31 Å². The lowest BCUT2D eigenvalue weighted by atomic mass is 10.4. The first-order valence-corrected chi connectivity index (χ1v) is 6.23. The zero-order valence-corrected chi connectivity index (χ0v) is 9.38. The number of halogens is 1. The van der Waals surface area contributed by atoms with Crippen molar-refractivity contribution in [1.29, 1.82) is 0 Å². The van der Waals surface area contributed by atoms with Crippen molar-refractivity contribution in [3.05, 3.63) is 24.2 Å². The van der Waals surface area contributed by atoms with Crippen LogP contribution in [0.15, 0.2) is 22.8 Å². The average Bonchev–Trinajstić information content (AvgIpc) is 2.56. The zero-order chi connectivity index (χ0) is 10.6. The van der Waals surface area contributed by atoms with E-state index in [2.05, 4.69) is 0 Å². The highest BCUT2D eigenvalue weighted by molar-refractivity contribution is 7.89. The van der Waals surface area contributed by atoms with Gasteiger partial charge in [-0.1, -0.05) is 0 Å². The number of hydrogen-bond donors (Lipinski definition) is 0. The molecule has 0 saturated carbocycles. The number of nitrogens with zero attached hydrogens (tertiary/aromatic N) is 1. The molecule has 0 aromatic carbocycles. The van der Waals surface area contributed by atoms with E-state index in [0.29, 0.717) is 5.76 Å². The molecular weight excluding hydrogens is 226 g/mol. The molecule has 1 heterocycles. The topological polar surface area (TPSA) is 50.5 Å². The van der Waals surface area contributed by atoms with Gasteiger partial charge in [0.1, 0.15) is 5.76 Å². The Kier molecular flexibility index (Phi) is 3.97. The maximum Gasteiger partial charge on any atom is 0.215 e. The molecular formula is C8H12ClNO3S. The molecule has 4 nitrogen and oxygen atoms in total. The van der Waals surface area contributed by atoms with E-state index < -0.39 is 10.0 Å². The molecule has 0 amide bonds. The van der Waals surface area contributed by atoms with Gasteiger partial charge in [-0.25, -0.2) is 8.42 Å². The van der Waals surface area contributed by atoms with Crippen LogP contribution in [0, 0.1) is 0 Å². The third-order valence-electron chi connectivity index (χ3n) is 1.77. The molecule has 1 aromatic heterocycles. The normalized spacial score (nSPS) is 12.2. The summed E-state index contributed by atoms with van der Waals surface area (Å²) in [7, 11) is -1.74. The van der Waals surface area contributed by atoms with Crippen molar-refractivity contribution in [2.45, 2.75) is 6.54 Å². The predicted octanol–water partition coefficient (Wildman–Crippen LogP) is 1.28. The van der Waals surface area contributed by atoms with Crippen LogP contribution >= 0.6 is 11.6 Å². The van der Waals surface area contributed by atoms with Crippen LogP contribution in [0.25, 0.3) is 0 Å². The van der Waals surface area contributed by atoms with Gasteiger partial charge in [0.15, 0.2) is 0 Å². The lowest BCUT2D eigenvalue weighted by Gasteiger charge is -2.14. The fraction of sp³-hybridized carbons (Fsp3) is 0.500. The summed E-state index contributed by atoms with van der Waals surface area (Å²) in [4.78, 5) is 0. The number of furan rings is 1. The van der Waals surface area contributed by atoms with E-state index >= 15 is 0 Å². The zero-order valence-electron chi connectivity index (χ0n) is 7.81. The largest absolute Gasteiger partial charge is 0.468 e. The smallest absolute Gasteiger partial charge is 0.215 e. The van der Waals surface area contributed by atoms with Crippen molar-refractivity contribution in [3.63, 3.8) is 0 Å². The summed E-state index contributed by atoms with van der Waals surface area (Å²) in [6, 6.07) is 3.45. The van der Waals surface area contributed by atoms with Crippen LogP contribution < -0.4 is 0 Å². The van der Waals surface area contributed by atoms with Crippen molar-refractivity contribution in [1.82, 2.24) is 4.31 Å². The number of rotatable bonds is 5. The van der Waals surface area contributed by atoms with Crippen LogP contribution in [0.2, 0.25) is 0 Å².